The lowest BCUT2D eigenvalue weighted by Gasteiger charge is -2.10. The molecule has 0 aliphatic rings. The zero-order chi connectivity index (χ0) is 6.57. The van der Waals surface area contributed by atoms with Crippen LogP contribution < -0.4 is 0 Å². The van der Waals surface area contributed by atoms with Crippen molar-refractivity contribution in [2.24, 2.45) is 0 Å². The van der Waals surface area contributed by atoms with Crippen LogP contribution in [0.3, 0.4) is 0 Å². The van der Waals surface area contributed by atoms with Gasteiger partial charge in [-0.15, -0.1) is 0 Å². The van der Waals surface area contributed by atoms with Crippen molar-refractivity contribution in [2.45, 2.75) is 26.4 Å². The van der Waals surface area contributed by atoms with Gasteiger partial charge in [-0.3, -0.25) is 10.4 Å². The third kappa shape index (κ3) is 4.01. The predicted molar refractivity (Wildman–Crippen MR) is 26.2 cm³/mol. The van der Waals surface area contributed by atoms with Gasteiger partial charge in [0.2, 0.25) is 0 Å². The first-order valence-electron chi connectivity index (χ1n) is 2.51. The highest BCUT2D eigenvalue weighted by Crippen LogP contribution is 1.94. The molecule has 0 amide bonds. The van der Waals surface area contributed by atoms with Crippen LogP contribution >= 0.6 is 0 Å². The Hall–Kier alpha value is -0.160. The Morgan fingerprint density at radius 1 is 1.62 bits per heavy atom. The molecule has 0 rings (SSSR count). The maximum absolute atomic E-state index is 8.02. The van der Waals surface area contributed by atoms with Gasteiger partial charge in [-0.2, -0.15) is 0 Å². The molecule has 0 aromatic carbocycles. The molecule has 0 fully saturated rings. The summed E-state index contributed by atoms with van der Waals surface area (Å²) in [4.78, 5) is 4.34. The summed E-state index contributed by atoms with van der Waals surface area (Å²) in [6.45, 7) is 3.62. The molecular weight excluding hydrogens is 110 g/mol. The Morgan fingerprint density at radius 3 is 2.25 bits per heavy atom. The van der Waals surface area contributed by atoms with E-state index in [2.05, 4.69) is 4.84 Å². The molecular formula is C4H11NO3. The minimum absolute atomic E-state index is 0.148. The molecule has 0 radical (unpaired) electrons. The molecule has 0 bridgehead atoms. The summed E-state index contributed by atoms with van der Waals surface area (Å²) in [5.41, 5.74) is 0. The van der Waals surface area contributed by atoms with Crippen molar-refractivity contribution in [3.8, 4) is 0 Å². The van der Waals surface area contributed by atoms with Crippen molar-refractivity contribution in [1.29, 1.82) is 0 Å². The minimum atomic E-state index is -0.270. The Bertz CT molecular complexity index is 57.2. The molecule has 0 spiro atoms. The maximum Gasteiger partial charge on any atom is 0.0813 e. The molecule has 2 N–H and O–H groups in total. The highest BCUT2D eigenvalue weighted by atomic mass is 17.1. The molecule has 4 heteroatoms. The van der Waals surface area contributed by atoms with E-state index in [1.54, 1.807) is 6.92 Å². The van der Waals surface area contributed by atoms with Gasteiger partial charge >= 0.3 is 0 Å². The van der Waals surface area contributed by atoms with E-state index in [4.69, 9.17) is 10.4 Å². The van der Waals surface area contributed by atoms with Crippen molar-refractivity contribution >= 4 is 0 Å². The van der Waals surface area contributed by atoms with Crippen molar-refractivity contribution in [1.82, 2.24) is 5.39 Å². The van der Waals surface area contributed by atoms with E-state index in [-0.39, 0.29) is 11.5 Å². The average Bonchev–Trinajstić information content (AvgIpc) is 1.65. The van der Waals surface area contributed by atoms with E-state index >= 15 is 0 Å². The van der Waals surface area contributed by atoms with Crippen LogP contribution in [-0.2, 0) is 4.84 Å². The van der Waals surface area contributed by atoms with E-state index in [1.165, 1.54) is 0 Å². The molecule has 0 unspecified atom stereocenters. The van der Waals surface area contributed by atoms with Crippen molar-refractivity contribution < 1.29 is 15.3 Å². The lowest BCUT2D eigenvalue weighted by molar-refractivity contribution is -0.503. The Kier molecular flexibility index (Phi) is 3.72. The molecule has 50 valence electrons. The Labute approximate surface area is 48.2 Å². The zero-order valence-electron chi connectivity index (χ0n) is 5.03. The van der Waals surface area contributed by atoms with Gasteiger partial charge in [-0.05, 0) is 13.3 Å². The summed E-state index contributed by atoms with van der Waals surface area (Å²) in [7, 11) is 0. The standard InChI is InChI=1S/C4H11NO3/c1-3-4(2)8-5(6)7/h4,6-7H,3H2,1-2H3/t4-/m0/s1. The molecule has 0 saturated heterocycles. The Balaban J connectivity index is 3.10. The molecule has 0 aromatic heterocycles. The first-order valence-corrected chi connectivity index (χ1v) is 2.51. The molecule has 0 heterocycles. The van der Waals surface area contributed by atoms with E-state index in [1.807, 2.05) is 6.92 Å². The van der Waals surface area contributed by atoms with Crippen molar-refractivity contribution in [3.63, 3.8) is 0 Å². The van der Waals surface area contributed by atoms with Gasteiger partial charge in [0, 0.05) is 0 Å². The predicted octanol–water partition coefficient (Wildman–Crippen LogP) is 0.797. The largest absolute Gasteiger partial charge is 0.266 e. The van der Waals surface area contributed by atoms with Gasteiger partial charge in [0.15, 0.2) is 0 Å². The van der Waals surface area contributed by atoms with Crippen LogP contribution in [0.5, 0.6) is 0 Å². The monoisotopic (exact) mass is 121 g/mol. The number of hydrogen-bond acceptors (Lipinski definition) is 4. The molecule has 8 heavy (non-hydrogen) atoms. The van der Waals surface area contributed by atoms with Crippen molar-refractivity contribution in [3.05, 3.63) is 0 Å². The van der Waals surface area contributed by atoms with Gasteiger partial charge in [0.1, 0.15) is 0 Å². The first-order chi connectivity index (χ1) is 3.66. The van der Waals surface area contributed by atoms with Crippen LogP contribution in [0, 0.1) is 0 Å². The van der Waals surface area contributed by atoms with Crippen molar-refractivity contribution in [2.75, 3.05) is 0 Å². The SMILES string of the molecule is CC[C@H](C)ON(O)O. The quantitative estimate of drug-likeness (QED) is 0.542. The molecule has 0 aliphatic carbocycles. The first kappa shape index (κ1) is 7.84. The van der Waals surface area contributed by atoms with Gasteiger partial charge in [0.25, 0.3) is 0 Å². The maximum atomic E-state index is 8.02. The van der Waals surface area contributed by atoms with Crippen LogP contribution in [0.4, 0.5) is 0 Å². The van der Waals surface area contributed by atoms with Crippen LogP contribution in [0.15, 0.2) is 0 Å². The summed E-state index contributed by atoms with van der Waals surface area (Å²) in [6, 6.07) is 0. The highest BCUT2D eigenvalue weighted by Gasteiger charge is 2.00. The second kappa shape index (κ2) is 3.80. The van der Waals surface area contributed by atoms with E-state index in [0.29, 0.717) is 0 Å². The summed E-state index contributed by atoms with van der Waals surface area (Å²) in [5.74, 6) is 0. The molecule has 1 atom stereocenters. The average molecular weight is 121 g/mol. The number of nitrogens with zero attached hydrogens (tertiary/aromatic N) is 1. The third-order valence-corrected chi connectivity index (χ3v) is 0.849. The fourth-order valence-corrected chi connectivity index (χ4v) is 0.235. The van der Waals surface area contributed by atoms with Gasteiger partial charge in [0.05, 0.1) is 11.5 Å². The smallest absolute Gasteiger partial charge is 0.0813 e. The van der Waals surface area contributed by atoms with Crippen LogP contribution in [-0.4, -0.2) is 21.9 Å². The van der Waals surface area contributed by atoms with Gasteiger partial charge < -0.3 is 0 Å². The van der Waals surface area contributed by atoms with E-state index in [9.17, 15) is 0 Å². The fraction of sp³-hybridized carbons (Fsp3) is 1.00. The van der Waals surface area contributed by atoms with Crippen LogP contribution in [0.25, 0.3) is 0 Å². The second-order valence-corrected chi connectivity index (χ2v) is 1.58. The zero-order valence-corrected chi connectivity index (χ0v) is 5.03. The molecule has 4 nitrogen and oxygen atoms in total. The summed E-state index contributed by atoms with van der Waals surface area (Å²) in [6.07, 6.45) is 0.599. The lowest BCUT2D eigenvalue weighted by Crippen LogP contribution is -2.20. The second-order valence-electron chi connectivity index (χ2n) is 1.58. The summed E-state index contributed by atoms with van der Waals surface area (Å²) in [5, 5.41) is 15.8. The molecule has 0 aromatic rings. The fourth-order valence-electron chi connectivity index (χ4n) is 0.235. The number of hydrogen-bond donors (Lipinski definition) is 2. The van der Waals surface area contributed by atoms with E-state index < -0.39 is 0 Å². The topological polar surface area (TPSA) is 52.9 Å². The summed E-state index contributed by atoms with van der Waals surface area (Å²) >= 11 is 0. The third-order valence-electron chi connectivity index (χ3n) is 0.849. The molecule has 0 saturated carbocycles. The Morgan fingerprint density at radius 2 is 2.12 bits per heavy atom. The minimum Gasteiger partial charge on any atom is -0.266 e. The van der Waals surface area contributed by atoms with Gasteiger partial charge in [-0.25, -0.2) is 4.84 Å². The van der Waals surface area contributed by atoms with Crippen LogP contribution in [0.1, 0.15) is 20.3 Å². The van der Waals surface area contributed by atoms with Gasteiger partial charge in [-0.1, -0.05) is 6.92 Å². The van der Waals surface area contributed by atoms with E-state index in [0.717, 1.165) is 6.42 Å². The van der Waals surface area contributed by atoms with Crippen LogP contribution in [0.2, 0.25) is 0 Å². The molecule has 0 aliphatic heterocycles. The normalized spacial score (nSPS) is 14.6. The highest BCUT2D eigenvalue weighted by molar-refractivity contribution is 4.38. The number of rotatable bonds is 3. The lowest BCUT2D eigenvalue weighted by atomic mass is 10.3. The summed E-state index contributed by atoms with van der Waals surface area (Å²) < 4.78 is 0.